The van der Waals surface area contributed by atoms with Gasteiger partial charge in [0.1, 0.15) is 5.75 Å². The lowest BCUT2D eigenvalue weighted by molar-refractivity contribution is -0.123. The average molecular weight is 331 g/mol. The molecule has 0 fully saturated rings. The molecule has 0 radical (unpaired) electrons. The Morgan fingerprint density at radius 3 is 2.83 bits per heavy atom. The minimum atomic E-state index is -0.278. The van der Waals surface area contributed by atoms with Crippen molar-refractivity contribution >= 4 is 23.5 Å². The standard InChI is InChI=1S/C17H21N3O2S/c1-11-6-5-7-15(12(11)2)22-10-17(21)20-18-9-8-16-13(3)19-14(4)23-16/h5-7,9H,8,10H2,1-4H3,(H,20,21). The number of nitrogens with one attached hydrogen (secondary N) is 1. The van der Waals surface area contributed by atoms with Gasteiger partial charge in [-0.25, -0.2) is 10.4 Å². The molecule has 0 saturated carbocycles. The Hall–Kier alpha value is -2.21. The van der Waals surface area contributed by atoms with Crippen molar-refractivity contribution in [3.05, 3.63) is 44.9 Å². The second kappa shape index (κ2) is 7.87. The van der Waals surface area contributed by atoms with E-state index in [0.717, 1.165) is 32.5 Å². The fourth-order valence-electron chi connectivity index (χ4n) is 2.07. The fraction of sp³-hybridized carbons (Fsp3) is 0.353. The van der Waals surface area contributed by atoms with Crippen LogP contribution in [0.25, 0.3) is 0 Å². The van der Waals surface area contributed by atoms with E-state index in [1.54, 1.807) is 17.6 Å². The first-order chi connectivity index (χ1) is 11.0. The van der Waals surface area contributed by atoms with Crippen molar-refractivity contribution in [2.75, 3.05) is 6.61 Å². The number of carbonyl (C=O) groups excluding carboxylic acids is 1. The average Bonchev–Trinajstić information content (AvgIpc) is 2.83. The zero-order valence-corrected chi connectivity index (χ0v) is 14.7. The highest BCUT2D eigenvalue weighted by Gasteiger charge is 2.06. The van der Waals surface area contributed by atoms with E-state index in [1.807, 2.05) is 45.9 Å². The molecule has 2 aromatic rings. The Morgan fingerprint density at radius 2 is 2.13 bits per heavy atom. The molecule has 2 rings (SSSR count). The topological polar surface area (TPSA) is 63.6 Å². The largest absolute Gasteiger partial charge is 0.483 e. The van der Waals surface area contributed by atoms with Crippen LogP contribution in [-0.2, 0) is 11.2 Å². The van der Waals surface area contributed by atoms with Gasteiger partial charge in [0.25, 0.3) is 5.91 Å². The van der Waals surface area contributed by atoms with E-state index < -0.39 is 0 Å². The first-order valence-electron chi connectivity index (χ1n) is 7.39. The van der Waals surface area contributed by atoms with Gasteiger partial charge in [0.15, 0.2) is 6.61 Å². The predicted octanol–water partition coefficient (Wildman–Crippen LogP) is 3.10. The SMILES string of the molecule is Cc1nc(C)c(CC=NNC(=O)COc2cccc(C)c2C)s1. The summed E-state index contributed by atoms with van der Waals surface area (Å²) in [6.07, 6.45) is 2.34. The Morgan fingerprint density at radius 1 is 1.35 bits per heavy atom. The second-order valence-corrected chi connectivity index (χ2v) is 6.57. The van der Waals surface area contributed by atoms with Gasteiger partial charge in [-0.3, -0.25) is 4.79 Å². The van der Waals surface area contributed by atoms with Crippen LogP contribution in [0.5, 0.6) is 5.75 Å². The van der Waals surface area contributed by atoms with Crippen molar-refractivity contribution in [1.82, 2.24) is 10.4 Å². The number of carbonyl (C=O) groups is 1. The summed E-state index contributed by atoms with van der Waals surface area (Å²) >= 11 is 1.64. The maximum atomic E-state index is 11.7. The van der Waals surface area contributed by atoms with Crippen LogP contribution < -0.4 is 10.2 Å². The molecule has 0 spiro atoms. The highest BCUT2D eigenvalue weighted by atomic mass is 32.1. The minimum absolute atomic E-state index is 0.0552. The van der Waals surface area contributed by atoms with Crippen molar-refractivity contribution in [2.45, 2.75) is 34.1 Å². The number of nitrogens with zero attached hydrogens (tertiary/aromatic N) is 2. The summed E-state index contributed by atoms with van der Waals surface area (Å²) in [5.74, 6) is 0.444. The monoisotopic (exact) mass is 331 g/mol. The zero-order valence-electron chi connectivity index (χ0n) is 13.8. The lowest BCUT2D eigenvalue weighted by Crippen LogP contribution is -2.24. The number of benzene rings is 1. The highest BCUT2D eigenvalue weighted by Crippen LogP contribution is 2.20. The summed E-state index contributed by atoms with van der Waals surface area (Å²) in [6.45, 7) is 7.88. The van der Waals surface area contributed by atoms with Crippen LogP contribution in [0, 0.1) is 27.7 Å². The van der Waals surface area contributed by atoms with Gasteiger partial charge in [-0.05, 0) is 44.9 Å². The normalized spacial score (nSPS) is 11.0. The summed E-state index contributed by atoms with van der Waals surface area (Å²) in [4.78, 5) is 17.2. The zero-order chi connectivity index (χ0) is 16.8. The minimum Gasteiger partial charge on any atom is -0.483 e. The van der Waals surface area contributed by atoms with Crippen molar-refractivity contribution in [3.8, 4) is 5.75 Å². The van der Waals surface area contributed by atoms with Crippen LogP contribution in [0.2, 0.25) is 0 Å². The molecule has 0 bridgehead atoms. The molecule has 1 heterocycles. The molecule has 0 aliphatic rings. The summed E-state index contributed by atoms with van der Waals surface area (Å²) < 4.78 is 5.52. The third-order valence-corrected chi connectivity index (χ3v) is 4.57. The van der Waals surface area contributed by atoms with E-state index in [1.165, 1.54) is 0 Å². The lowest BCUT2D eigenvalue weighted by Gasteiger charge is -2.09. The number of ether oxygens (including phenoxy) is 1. The van der Waals surface area contributed by atoms with Gasteiger partial charge < -0.3 is 4.74 Å². The number of hydrazone groups is 1. The Bertz CT molecular complexity index is 723. The van der Waals surface area contributed by atoms with Gasteiger partial charge in [-0.15, -0.1) is 11.3 Å². The highest BCUT2D eigenvalue weighted by molar-refractivity contribution is 7.11. The number of hydrogen-bond acceptors (Lipinski definition) is 5. The van der Waals surface area contributed by atoms with Crippen LogP contribution in [0.3, 0.4) is 0 Å². The van der Waals surface area contributed by atoms with Gasteiger partial charge in [0.05, 0.1) is 10.7 Å². The predicted molar refractivity (Wildman–Crippen MR) is 93.3 cm³/mol. The number of rotatable bonds is 6. The van der Waals surface area contributed by atoms with E-state index in [0.29, 0.717) is 6.42 Å². The van der Waals surface area contributed by atoms with E-state index in [4.69, 9.17) is 4.74 Å². The third-order valence-electron chi connectivity index (χ3n) is 3.47. The molecule has 23 heavy (non-hydrogen) atoms. The number of hydrogen-bond donors (Lipinski definition) is 1. The van der Waals surface area contributed by atoms with Gasteiger partial charge in [0.2, 0.25) is 0 Å². The number of thiazole rings is 1. The molecule has 1 N–H and O–H groups in total. The molecule has 0 atom stereocenters. The maximum absolute atomic E-state index is 11.7. The Kier molecular flexibility index (Phi) is 5.87. The summed E-state index contributed by atoms with van der Waals surface area (Å²) in [5, 5.41) is 4.98. The molecule has 6 heteroatoms. The van der Waals surface area contributed by atoms with Crippen molar-refractivity contribution in [2.24, 2.45) is 5.10 Å². The third kappa shape index (κ3) is 4.89. The van der Waals surface area contributed by atoms with E-state index in [2.05, 4.69) is 15.5 Å². The molecule has 122 valence electrons. The summed E-state index contributed by atoms with van der Waals surface area (Å²) in [7, 11) is 0. The number of aryl methyl sites for hydroxylation is 3. The van der Waals surface area contributed by atoms with Crippen molar-refractivity contribution in [3.63, 3.8) is 0 Å². The van der Waals surface area contributed by atoms with E-state index in [9.17, 15) is 4.79 Å². The van der Waals surface area contributed by atoms with Crippen LogP contribution in [0.1, 0.15) is 26.7 Å². The van der Waals surface area contributed by atoms with Gasteiger partial charge >= 0.3 is 0 Å². The molecule has 0 unspecified atom stereocenters. The fourth-order valence-corrected chi connectivity index (χ4v) is 2.96. The Balaban J connectivity index is 1.78. The van der Waals surface area contributed by atoms with Crippen LogP contribution in [0.4, 0.5) is 0 Å². The van der Waals surface area contributed by atoms with E-state index in [-0.39, 0.29) is 12.5 Å². The maximum Gasteiger partial charge on any atom is 0.277 e. The van der Waals surface area contributed by atoms with Gasteiger partial charge in [-0.2, -0.15) is 5.10 Å². The summed E-state index contributed by atoms with van der Waals surface area (Å²) in [5.41, 5.74) is 5.67. The molecule has 1 amide bonds. The lowest BCUT2D eigenvalue weighted by atomic mass is 10.1. The van der Waals surface area contributed by atoms with Crippen LogP contribution in [0.15, 0.2) is 23.3 Å². The number of aromatic nitrogens is 1. The van der Waals surface area contributed by atoms with Gasteiger partial charge in [0, 0.05) is 17.5 Å². The number of amides is 1. The van der Waals surface area contributed by atoms with Crippen LogP contribution >= 0.6 is 11.3 Å². The molecule has 1 aromatic carbocycles. The van der Waals surface area contributed by atoms with Crippen molar-refractivity contribution < 1.29 is 9.53 Å². The quantitative estimate of drug-likeness (QED) is 0.653. The first-order valence-corrected chi connectivity index (χ1v) is 8.21. The van der Waals surface area contributed by atoms with Crippen molar-refractivity contribution in [1.29, 1.82) is 0 Å². The van der Waals surface area contributed by atoms with E-state index >= 15 is 0 Å². The Labute approximate surface area is 140 Å². The van der Waals surface area contributed by atoms with Gasteiger partial charge in [-0.1, -0.05) is 12.1 Å². The molecule has 1 aromatic heterocycles. The molecule has 0 saturated heterocycles. The van der Waals surface area contributed by atoms with Crippen LogP contribution in [-0.4, -0.2) is 23.7 Å². The summed E-state index contributed by atoms with van der Waals surface area (Å²) in [6, 6.07) is 5.77. The molecular weight excluding hydrogens is 310 g/mol. The smallest absolute Gasteiger partial charge is 0.277 e. The second-order valence-electron chi connectivity index (χ2n) is 5.28. The molecule has 0 aliphatic heterocycles. The first kappa shape index (κ1) is 17.1. The molecular formula is C17H21N3O2S. The molecule has 0 aliphatic carbocycles. The molecule has 5 nitrogen and oxygen atoms in total.